The highest BCUT2D eigenvalue weighted by Gasteiger charge is 2.07. The van der Waals surface area contributed by atoms with Gasteiger partial charge in [0.15, 0.2) is 0 Å². The molecule has 0 aliphatic heterocycles. The Morgan fingerprint density at radius 2 is 2.11 bits per heavy atom. The van der Waals surface area contributed by atoms with Crippen molar-refractivity contribution in [1.82, 2.24) is 9.88 Å². The number of para-hydroxylation sites is 1. The molecule has 0 saturated carbocycles. The van der Waals surface area contributed by atoms with Gasteiger partial charge in [0.25, 0.3) is 5.91 Å². The molecular formula is C15H18N2O2. The third kappa shape index (κ3) is 3.37. The zero-order chi connectivity index (χ0) is 13.7. The Kier molecular flexibility index (Phi) is 4.23. The van der Waals surface area contributed by atoms with Crippen LogP contribution in [0.4, 0.5) is 0 Å². The van der Waals surface area contributed by atoms with Gasteiger partial charge in [0.2, 0.25) is 0 Å². The molecule has 0 spiro atoms. The highest BCUT2D eigenvalue weighted by molar-refractivity contribution is 5.93. The molecule has 1 heterocycles. The summed E-state index contributed by atoms with van der Waals surface area (Å²) >= 11 is 0. The average Bonchev–Trinajstić information content (AvgIpc) is 2.86. The van der Waals surface area contributed by atoms with Crippen molar-refractivity contribution in [2.75, 3.05) is 13.7 Å². The lowest BCUT2D eigenvalue weighted by Crippen LogP contribution is -2.25. The predicted molar refractivity (Wildman–Crippen MR) is 74.4 cm³/mol. The number of rotatable bonds is 5. The van der Waals surface area contributed by atoms with Crippen LogP contribution in [0, 0.1) is 0 Å². The minimum absolute atomic E-state index is 0.0458. The summed E-state index contributed by atoms with van der Waals surface area (Å²) in [6.45, 7) is 0.591. The van der Waals surface area contributed by atoms with E-state index in [0.29, 0.717) is 12.1 Å². The van der Waals surface area contributed by atoms with Gasteiger partial charge >= 0.3 is 0 Å². The summed E-state index contributed by atoms with van der Waals surface area (Å²) in [7, 11) is 3.55. The monoisotopic (exact) mass is 258 g/mol. The van der Waals surface area contributed by atoms with Crippen molar-refractivity contribution < 1.29 is 9.53 Å². The lowest BCUT2D eigenvalue weighted by Gasteiger charge is -2.08. The van der Waals surface area contributed by atoms with Crippen molar-refractivity contribution in [3.05, 3.63) is 53.9 Å². The summed E-state index contributed by atoms with van der Waals surface area (Å²) in [6, 6.07) is 9.64. The second-order valence-corrected chi connectivity index (χ2v) is 4.38. The number of carbonyl (C=O) groups is 1. The highest BCUT2D eigenvalue weighted by Crippen LogP contribution is 2.17. The maximum Gasteiger partial charge on any atom is 0.252 e. The lowest BCUT2D eigenvalue weighted by atomic mass is 10.1. The molecule has 0 atom stereocenters. The van der Waals surface area contributed by atoms with Crippen LogP contribution in [0.3, 0.4) is 0 Å². The molecule has 0 aliphatic rings. The van der Waals surface area contributed by atoms with Crippen molar-refractivity contribution >= 4 is 5.91 Å². The first-order valence-corrected chi connectivity index (χ1v) is 6.23. The number of ether oxygens (including phenoxy) is 1. The van der Waals surface area contributed by atoms with Gasteiger partial charge in [-0.3, -0.25) is 4.79 Å². The Labute approximate surface area is 113 Å². The van der Waals surface area contributed by atoms with E-state index in [2.05, 4.69) is 5.32 Å². The number of benzene rings is 1. The van der Waals surface area contributed by atoms with Crippen LogP contribution >= 0.6 is 0 Å². The SMILES string of the molecule is COc1ccccc1CCNC(=O)c1ccn(C)c1. The van der Waals surface area contributed by atoms with Crippen LogP contribution in [0.1, 0.15) is 15.9 Å². The molecule has 4 nitrogen and oxygen atoms in total. The van der Waals surface area contributed by atoms with Crippen LogP contribution in [-0.2, 0) is 13.5 Å². The van der Waals surface area contributed by atoms with Gasteiger partial charge in [-0.15, -0.1) is 0 Å². The number of aromatic nitrogens is 1. The molecule has 0 aliphatic carbocycles. The van der Waals surface area contributed by atoms with Crippen molar-refractivity contribution in [2.24, 2.45) is 7.05 Å². The minimum Gasteiger partial charge on any atom is -0.496 e. The largest absolute Gasteiger partial charge is 0.496 e. The molecular weight excluding hydrogens is 240 g/mol. The van der Waals surface area contributed by atoms with Gasteiger partial charge in [0.1, 0.15) is 5.75 Å². The van der Waals surface area contributed by atoms with Gasteiger partial charge in [-0.05, 0) is 24.1 Å². The fraction of sp³-hybridized carbons (Fsp3) is 0.267. The van der Waals surface area contributed by atoms with Crippen molar-refractivity contribution in [3.63, 3.8) is 0 Å². The predicted octanol–water partition coefficient (Wildman–Crippen LogP) is 2.01. The van der Waals surface area contributed by atoms with Gasteiger partial charge in [-0.25, -0.2) is 0 Å². The molecule has 19 heavy (non-hydrogen) atoms. The second-order valence-electron chi connectivity index (χ2n) is 4.38. The van der Waals surface area contributed by atoms with E-state index in [1.165, 1.54) is 0 Å². The zero-order valence-corrected chi connectivity index (χ0v) is 11.2. The molecule has 1 aromatic carbocycles. The van der Waals surface area contributed by atoms with Gasteiger partial charge in [0.05, 0.1) is 12.7 Å². The number of nitrogens with one attached hydrogen (secondary N) is 1. The number of hydrogen-bond acceptors (Lipinski definition) is 2. The van der Waals surface area contributed by atoms with Crippen molar-refractivity contribution in [1.29, 1.82) is 0 Å². The normalized spacial score (nSPS) is 10.2. The van der Waals surface area contributed by atoms with E-state index in [-0.39, 0.29) is 5.91 Å². The van der Waals surface area contributed by atoms with E-state index < -0.39 is 0 Å². The average molecular weight is 258 g/mol. The molecule has 1 aromatic heterocycles. The Morgan fingerprint density at radius 1 is 1.32 bits per heavy atom. The Hall–Kier alpha value is -2.23. The van der Waals surface area contributed by atoms with Crippen LogP contribution in [0.5, 0.6) is 5.75 Å². The fourth-order valence-electron chi connectivity index (χ4n) is 1.96. The van der Waals surface area contributed by atoms with E-state index in [0.717, 1.165) is 17.7 Å². The van der Waals surface area contributed by atoms with Gasteiger partial charge < -0.3 is 14.6 Å². The van der Waals surface area contributed by atoms with Gasteiger partial charge in [-0.2, -0.15) is 0 Å². The second kappa shape index (κ2) is 6.09. The standard InChI is InChI=1S/C15H18N2O2/c1-17-10-8-13(11-17)15(18)16-9-7-12-5-3-4-6-14(12)19-2/h3-6,8,10-11H,7,9H2,1-2H3,(H,16,18). The maximum atomic E-state index is 11.8. The molecule has 2 aromatic rings. The smallest absolute Gasteiger partial charge is 0.252 e. The van der Waals surface area contributed by atoms with Crippen LogP contribution in [0.2, 0.25) is 0 Å². The number of amides is 1. The molecule has 2 rings (SSSR count). The first kappa shape index (κ1) is 13.2. The third-order valence-electron chi connectivity index (χ3n) is 2.97. The minimum atomic E-state index is -0.0458. The van der Waals surface area contributed by atoms with Crippen LogP contribution < -0.4 is 10.1 Å². The van der Waals surface area contributed by atoms with E-state index in [9.17, 15) is 4.79 Å². The van der Waals surface area contributed by atoms with Gasteiger partial charge in [0, 0.05) is 26.0 Å². The molecule has 0 saturated heterocycles. The first-order chi connectivity index (χ1) is 9.20. The third-order valence-corrected chi connectivity index (χ3v) is 2.97. The Morgan fingerprint density at radius 3 is 2.79 bits per heavy atom. The first-order valence-electron chi connectivity index (χ1n) is 6.23. The molecule has 100 valence electrons. The summed E-state index contributed by atoms with van der Waals surface area (Å²) in [5.74, 6) is 0.812. The zero-order valence-electron chi connectivity index (χ0n) is 11.2. The molecule has 1 N–H and O–H groups in total. The van der Waals surface area contributed by atoms with Gasteiger partial charge in [-0.1, -0.05) is 18.2 Å². The van der Waals surface area contributed by atoms with E-state index >= 15 is 0 Å². The number of aryl methyl sites for hydroxylation is 1. The van der Waals surface area contributed by atoms with E-state index in [1.807, 2.05) is 42.1 Å². The van der Waals surface area contributed by atoms with E-state index in [1.54, 1.807) is 19.4 Å². The highest BCUT2D eigenvalue weighted by atomic mass is 16.5. The van der Waals surface area contributed by atoms with Crippen molar-refractivity contribution in [3.8, 4) is 5.75 Å². The topological polar surface area (TPSA) is 43.3 Å². The number of hydrogen-bond donors (Lipinski definition) is 1. The van der Waals surface area contributed by atoms with Crippen LogP contribution in [-0.4, -0.2) is 24.1 Å². The summed E-state index contributed by atoms with van der Waals surface area (Å²) < 4.78 is 7.13. The fourth-order valence-corrected chi connectivity index (χ4v) is 1.96. The molecule has 1 amide bonds. The number of nitrogens with zero attached hydrogens (tertiary/aromatic N) is 1. The summed E-state index contributed by atoms with van der Waals surface area (Å²) in [5, 5.41) is 2.90. The summed E-state index contributed by atoms with van der Waals surface area (Å²) in [5.41, 5.74) is 1.78. The molecule has 4 heteroatoms. The number of methoxy groups -OCH3 is 1. The molecule has 0 fully saturated rings. The van der Waals surface area contributed by atoms with Crippen molar-refractivity contribution in [2.45, 2.75) is 6.42 Å². The molecule has 0 unspecified atom stereocenters. The van der Waals surface area contributed by atoms with E-state index in [4.69, 9.17) is 4.74 Å². The summed E-state index contributed by atoms with van der Waals surface area (Å²) in [4.78, 5) is 11.8. The van der Waals surface area contributed by atoms with Crippen LogP contribution in [0.25, 0.3) is 0 Å². The lowest BCUT2D eigenvalue weighted by molar-refractivity contribution is 0.0954. The Balaban J connectivity index is 1.88. The number of carbonyl (C=O) groups excluding carboxylic acids is 1. The van der Waals surface area contributed by atoms with Crippen LogP contribution in [0.15, 0.2) is 42.7 Å². The Bertz CT molecular complexity index is 561. The maximum absolute atomic E-state index is 11.8. The quantitative estimate of drug-likeness (QED) is 0.891. The molecule has 0 radical (unpaired) electrons. The summed E-state index contributed by atoms with van der Waals surface area (Å²) in [6.07, 6.45) is 4.41. The molecule has 0 bridgehead atoms.